The Hall–Kier alpha value is -1.11. The molecular weight excluding hydrogens is 276 g/mol. The summed E-state index contributed by atoms with van der Waals surface area (Å²) in [6.07, 6.45) is 4.27. The molecule has 2 N–H and O–H groups in total. The first-order valence-electron chi connectivity index (χ1n) is 6.82. The smallest absolute Gasteiger partial charge is 0.240 e. The minimum Gasteiger partial charge on any atom is -0.508 e. The first-order valence-corrected chi connectivity index (χ1v) is 8.30. The van der Waals surface area contributed by atoms with Gasteiger partial charge >= 0.3 is 0 Å². The van der Waals surface area contributed by atoms with Gasteiger partial charge in [-0.3, -0.25) is 0 Å². The number of phenolic OH excluding ortho intramolecular Hbond substituents is 1. The lowest BCUT2D eigenvalue weighted by Gasteiger charge is -2.36. The van der Waals surface area contributed by atoms with Gasteiger partial charge in [-0.15, -0.1) is 0 Å². The largest absolute Gasteiger partial charge is 0.508 e. The highest BCUT2D eigenvalue weighted by molar-refractivity contribution is 7.89. The summed E-state index contributed by atoms with van der Waals surface area (Å²) < 4.78 is 27.2. The van der Waals surface area contributed by atoms with E-state index in [9.17, 15) is 13.5 Å². The van der Waals surface area contributed by atoms with Crippen LogP contribution in [0, 0.1) is 0 Å². The quantitative estimate of drug-likeness (QED) is 0.865. The van der Waals surface area contributed by atoms with E-state index >= 15 is 0 Å². The van der Waals surface area contributed by atoms with Crippen molar-refractivity contribution in [3.63, 3.8) is 0 Å². The number of sulfonamides is 1. The molecule has 20 heavy (non-hydrogen) atoms. The Morgan fingerprint density at radius 3 is 2.50 bits per heavy atom. The van der Waals surface area contributed by atoms with Crippen molar-refractivity contribution in [3.05, 3.63) is 24.3 Å². The van der Waals surface area contributed by atoms with E-state index in [4.69, 9.17) is 0 Å². The molecule has 1 fully saturated rings. The van der Waals surface area contributed by atoms with Crippen LogP contribution in [-0.2, 0) is 10.0 Å². The zero-order chi connectivity index (χ0) is 14.8. The maximum atomic E-state index is 12.3. The van der Waals surface area contributed by atoms with Gasteiger partial charge in [0.1, 0.15) is 5.75 Å². The summed E-state index contributed by atoms with van der Waals surface area (Å²) in [4.78, 5) is 2.22. The highest BCUT2D eigenvalue weighted by Crippen LogP contribution is 2.33. The van der Waals surface area contributed by atoms with E-state index in [2.05, 4.69) is 9.62 Å². The van der Waals surface area contributed by atoms with Crippen LogP contribution >= 0.6 is 0 Å². The van der Waals surface area contributed by atoms with Gasteiger partial charge in [-0.25, -0.2) is 13.1 Å². The number of aromatic hydroxyl groups is 1. The highest BCUT2D eigenvalue weighted by atomic mass is 32.2. The third kappa shape index (κ3) is 3.13. The standard InChI is InChI=1S/C14H22N2O3S/c1-16(2)14(8-3-4-9-14)11-15-20(18,19)13-7-5-6-12(17)10-13/h5-7,10,15,17H,3-4,8-9,11H2,1-2H3. The van der Waals surface area contributed by atoms with Gasteiger partial charge in [-0.1, -0.05) is 18.9 Å². The van der Waals surface area contributed by atoms with Gasteiger partial charge in [-0.05, 0) is 45.1 Å². The van der Waals surface area contributed by atoms with Crippen molar-refractivity contribution in [2.75, 3.05) is 20.6 Å². The number of hydrogen-bond acceptors (Lipinski definition) is 4. The van der Waals surface area contributed by atoms with Gasteiger partial charge in [0.05, 0.1) is 4.90 Å². The number of likely N-dealkylation sites (N-methyl/N-ethyl adjacent to an activating group) is 1. The zero-order valence-corrected chi connectivity index (χ0v) is 12.8. The van der Waals surface area contributed by atoms with E-state index in [-0.39, 0.29) is 16.2 Å². The van der Waals surface area contributed by atoms with E-state index in [1.165, 1.54) is 24.3 Å². The second kappa shape index (κ2) is 5.71. The van der Waals surface area contributed by atoms with Gasteiger partial charge in [0.15, 0.2) is 0 Å². The Morgan fingerprint density at radius 2 is 1.95 bits per heavy atom. The topological polar surface area (TPSA) is 69.6 Å². The van der Waals surface area contributed by atoms with Gasteiger partial charge < -0.3 is 10.0 Å². The van der Waals surface area contributed by atoms with E-state index < -0.39 is 10.0 Å². The number of hydrogen-bond donors (Lipinski definition) is 2. The molecule has 6 heteroatoms. The molecule has 0 unspecified atom stereocenters. The molecule has 2 rings (SSSR count). The summed E-state index contributed by atoms with van der Waals surface area (Å²) in [5.41, 5.74) is -0.0934. The van der Waals surface area contributed by atoms with Crippen LogP contribution in [0.25, 0.3) is 0 Å². The van der Waals surface area contributed by atoms with Crippen LogP contribution in [0.15, 0.2) is 29.2 Å². The monoisotopic (exact) mass is 298 g/mol. The molecule has 0 heterocycles. The highest BCUT2D eigenvalue weighted by Gasteiger charge is 2.36. The third-order valence-corrected chi connectivity index (χ3v) is 5.60. The van der Waals surface area contributed by atoms with Gasteiger partial charge in [0.25, 0.3) is 0 Å². The van der Waals surface area contributed by atoms with Crippen molar-refractivity contribution >= 4 is 10.0 Å². The average Bonchev–Trinajstić information content (AvgIpc) is 2.87. The number of rotatable bonds is 5. The second-order valence-corrected chi connectivity index (χ2v) is 7.41. The predicted octanol–water partition coefficient (Wildman–Crippen LogP) is 1.54. The molecule has 1 aromatic rings. The van der Waals surface area contributed by atoms with Crippen LogP contribution in [-0.4, -0.2) is 44.6 Å². The molecule has 0 aromatic heterocycles. The average molecular weight is 298 g/mol. The van der Waals surface area contributed by atoms with Crippen molar-refractivity contribution in [2.24, 2.45) is 0 Å². The molecule has 5 nitrogen and oxygen atoms in total. The van der Waals surface area contributed by atoms with Crippen molar-refractivity contribution in [1.29, 1.82) is 0 Å². The maximum absolute atomic E-state index is 12.3. The summed E-state index contributed by atoms with van der Waals surface area (Å²) in [6, 6.07) is 5.73. The first-order chi connectivity index (χ1) is 9.36. The van der Waals surface area contributed by atoms with Crippen molar-refractivity contribution in [3.8, 4) is 5.75 Å². The third-order valence-electron chi connectivity index (χ3n) is 4.20. The Morgan fingerprint density at radius 1 is 1.30 bits per heavy atom. The number of nitrogens with one attached hydrogen (secondary N) is 1. The molecule has 1 aromatic carbocycles. The number of nitrogens with zero attached hydrogens (tertiary/aromatic N) is 1. The Bertz CT molecular complexity index is 564. The summed E-state index contributed by atoms with van der Waals surface area (Å²) >= 11 is 0. The molecule has 0 saturated heterocycles. The molecule has 1 aliphatic rings. The Balaban J connectivity index is 2.13. The normalized spacial score (nSPS) is 18.6. The molecule has 0 atom stereocenters. The molecule has 112 valence electrons. The molecule has 0 radical (unpaired) electrons. The molecular formula is C14H22N2O3S. The van der Waals surface area contributed by atoms with Crippen LogP contribution in [0.1, 0.15) is 25.7 Å². The molecule has 0 aliphatic heterocycles. The molecule has 0 spiro atoms. The lowest BCUT2D eigenvalue weighted by molar-refractivity contribution is 0.162. The summed E-state index contributed by atoms with van der Waals surface area (Å²) in [5.74, 6) is -0.0453. The van der Waals surface area contributed by atoms with Gasteiger partial charge in [0, 0.05) is 12.1 Å². The summed E-state index contributed by atoms with van der Waals surface area (Å²) in [5, 5.41) is 9.39. The summed E-state index contributed by atoms with van der Waals surface area (Å²) in [6.45, 7) is 0.401. The summed E-state index contributed by atoms with van der Waals surface area (Å²) in [7, 11) is 0.409. The molecule has 0 amide bonds. The van der Waals surface area contributed by atoms with E-state index in [1.807, 2.05) is 14.1 Å². The minimum absolute atomic E-state index is 0.0453. The zero-order valence-electron chi connectivity index (χ0n) is 12.0. The fraction of sp³-hybridized carbons (Fsp3) is 0.571. The molecule has 0 bridgehead atoms. The van der Waals surface area contributed by atoms with Crippen molar-refractivity contribution in [1.82, 2.24) is 9.62 Å². The lowest BCUT2D eigenvalue weighted by Crippen LogP contribution is -2.50. The van der Waals surface area contributed by atoms with Crippen molar-refractivity contribution < 1.29 is 13.5 Å². The predicted molar refractivity (Wildman–Crippen MR) is 78.2 cm³/mol. The van der Waals surface area contributed by atoms with Crippen molar-refractivity contribution in [2.45, 2.75) is 36.1 Å². The van der Waals surface area contributed by atoms with E-state index in [0.717, 1.165) is 25.7 Å². The van der Waals surface area contributed by atoms with E-state index in [0.29, 0.717) is 6.54 Å². The molecule has 1 saturated carbocycles. The number of phenols is 1. The van der Waals surface area contributed by atoms with Crippen LogP contribution in [0.5, 0.6) is 5.75 Å². The van der Waals surface area contributed by atoms with Crippen LogP contribution in [0.3, 0.4) is 0 Å². The maximum Gasteiger partial charge on any atom is 0.240 e. The van der Waals surface area contributed by atoms with E-state index in [1.54, 1.807) is 0 Å². The second-order valence-electron chi connectivity index (χ2n) is 5.65. The van der Waals surface area contributed by atoms with Gasteiger partial charge in [-0.2, -0.15) is 0 Å². The minimum atomic E-state index is -3.58. The number of benzene rings is 1. The SMILES string of the molecule is CN(C)C1(CNS(=O)(=O)c2cccc(O)c2)CCCC1. The molecule has 1 aliphatic carbocycles. The lowest BCUT2D eigenvalue weighted by atomic mass is 9.97. The fourth-order valence-corrected chi connectivity index (χ4v) is 3.94. The fourth-order valence-electron chi connectivity index (χ4n) is 2.78. The van der Waals surface area contributed by atoms with Crippen LogP contribution < -0.4 is 4.72 Å². The van der Waals surface area contributed by atoms with Crippen LogP contribution in [0.2, 0.25) is 0 Å². The van der Waals surface area contributed by atoms with Gasteiger partial charge in [0.2, 0.25) is 10.0 Å². The first kappa shape index (κ1) is 15.3. The van der Waals surface area contributed by atoms with Crippen LogP contribution in [0.4, 0.5) is 0 Å². The Kier molecular flexibility index (Phi) is 4.36. The Labute approximate surface area is 120 Å².